The molecular weight excluding hydrogens is 365 g/mol. The van der Waals surface area contributed by atoms with Crippen LogP contribution in [0, 0.1) is 5.82 Å². The topological polar surface area (TPSA) is 46.2 Å². The first-order chi connectivity index (χ1) is 13.7. The Morgan fingerprint density at radius 2 is 1.48 bits per heavy atom. The summed E-state index contributed by atoms with van der Waals surface area (Å²) in [5.41, 5.74) is 4.70. The summed E-state index contributed by atoms with van der Waals surface area (Å²) in [4.78, 5) is 25.5. The van der Waals surface area contributed by atoms with E-state index in [1.165, 1.54) is 17.7 Å². The second kappa shape index (κ2) is 7.25. The molecule has 2 unspecified atom stereocenters. The van der Waals surface area contributed by atoms with E-state index < -0.39 is 0 Å². The van der Waals surface area contributed by atoms with Crippen LogP contribution in [0.1, 0.15) is 68.6 Å². The molecule has 0 bridgehead atoms. The molecule has 29 heavy (non-hydrogen) atoms. The number of Topliss-reactive ketones (excluding diaryl/α,β-unsaturated/α-hetero) is 1. The second-order valence-corrected chi connectivity index (χ2v) is 9.15. The fourth-order valence-electron chi connectivity index (χ4n) is 4.43. The van der Waals surface area contributed by atoms with E-state index in [4.69, 9.17) is 0 Å². The Hall–Kier alpha value is -2.75. The first-order valence-corrected chi connectivity index (χ1v) is 10.1. The van der Waals surface area contributed by atoms with Crippen LogP contribution in [0.3, 0.4) is 0 Å². The zero-order valence-corrected chi connectivity index (χ0v) is 17.1. The van der Waals surface area contributed by atoms with Gasteiger partial charge in [-0.15, -0.1) is 0 Å². The molecule has 2 aromatic carbocycles. The van der Waals surface area contributed by atoms with Crippen molar-refractivity contribution in [1.82, 2.24) is 5.32 Å². The maximum absolute atomic E-state index is 13.3. The lowest BCUT2D eigenvalue weighted by atomic mass is 9.73. The Kier molecular flexibility index (Phi) is 4.89. The molecule has 0 radical (unpaired) electrons. The minimum Gasteiger partial charge on any atom is -0.329 e. The van der Waals surface area contributed by atoms with Crippen molar-refractivity contribution in [3.8, 4) is 0 Å². The predicted octanol–water partition coefficient (Wildman–Crippen LogP) is 5.13. The van der Waals surface area contributed by atoms with Gasteiger partial charge in [0.1, 0.15) is 5.82 Å². The normalized spacial score (nSPS) is 22.3. The van der Waals surface area contributed by atoms with Crippen molar-refractivity contribution in [2.45, 2.75) is 57.3 Å². The third kappa shape index (κ3) is 3.89. The molecule has 1 amide bonds. The van der Waals surface area contributed by atoms with Crippen LogP contribution in [0.4, 0.5) is 4.39 Å². The second-order valence-electron chi connectivity index (χ2n) is 9.15. The SMILES string of the molecule is CC(C)(C)c1ccc(C2CC(=O)C3=C(C2)NC(=O)CC3c2ccc(F)cc2)cc1. The summed E-state index contributed by atoms with van der Waals surface area (Å²) in [6.45, 7) is 6.53. The van der Waals surface area contributed by atoms with Crippen LogP contribution in [0.25, 0.3) is 0 Å². The fourth-order valence-corrected chi connectivity index (χ4v) is 4.43. The quantitative estimate of drug-likeness (QED) is 0.772. The maximum atomic E-state index is 13.3. The van der Waals surface area contributed by atoms with Gasteiger partial charge in [-0.1, -0.05) is 57.2 Å². The number of hydrogen-bond acceptors (Lipinski definition) is 2. The van der Waals surface area contributed by atoms with E-state index in [9.17, 15) is 14.0 Å². The van der Waals surface area contributed by atoms with Gasteiger partial charge in [0.15, 0.2) is 5.78 Å². The summed E-state index contributed by atoms with van der Waals surface area (Å²) >= 11 is 0. The smallest absolute Gasteiger partial charge is 0.225 e. The Labute approximate surface area is 171 Å². The maximum Gasteiger partial charge on any atom is 0.225 e. The van der Waals surface area contributed by atoms with Gasteiger partial charge in [0, 0.05) is 30.0 Å². The minimum atomic E-state index is -0.322. The molecule has 2 aliphatic rings. The molecule has 1 aliphatic heterocycles. The summed E-state index contributed by atoms with van der Waals surface area (Å²) in [5.74, 6) is -0.573. The van der Waals surface area contributed by atoms with Crippen LogP contribution in [0.2, 0.25) is 0 Å². The van der Waals surface area contributed by atoms with Crippen LogP contribution in [0.5, 0.6) is 0 Å². The van der Waals surface area contributed by atoms with Crippen molar-refractivity contribution in [3.05, 3.63) is 82.3 Å². The average Bonchev–Trinajstić information content (AvgIpc) is 2.67. The van der Waals surface area contributed by atoms with Crippen molar-refractivity contribution in [2.24, 2.45) is 0 Å². The van der Waals surface area contributed by atoms with Gasteiger partial charge >= 0.3 is 0 Å². The Morgan fingerprint density at radius 1 is 0.862 bits per heavy atom. The number of benzene rings is 2. The number of allylic oxidation sites excluding steroid dienone is 2. The van der Waals surface area contributed by atoms with E-state index in [1.54, 1.807) is 12.1 Å². The molecule has 1 aliphatic carbocycles. The van der Waals surface area contributed by atoms with Crippen LogP contribution < -0.4 is 5.32 Å². The molecule has 0 aromatic heterocycles. The lowest BCUT2D eigenvalue weighted by Crippen LogP contribution is -2.38. The van der Waals surface area contributed by atoms with E-state index in [0.717, 1.165) is 16.8 Å². The summed E-state index contributed by atoms with van der Waals surface area (Å²) in [7, 11) is 0. The van der Waals surface area contributed by atoms with Crippen LogP contribution >= 0.6 is 0 Å². The average molecular weight is 391 g/mol. The van der Waals surface area contributed by atoms with E-state index in [-0.39, 0.29) is 41.2 Å². The molecule has 2 aromatic rings. The number of ketones is 1. The zero-order valence-electron chi connectivity index (χ0n) is 17.1. The third-order valence-corrected chi connectivity index (χ3v) is 6.06. The molecule has 1 N–H and O–H groups in total. The lowest BCUT2D eigenvalue weighted by Gasteiger charge is -2.34. The molecule has 3 nitrogen and oxygen atoms in total. The van der Waals surface area contributed by atoms with Gasteiger partial charge in [-0.05, 0) is 46.6 Å². The lowest BCUT2D eigenvalue weighted by molar-refractivity contribution is -0.122. The van der Waals surface area contributed by atoms with Gasteiger partial charge < -0.3 is 5.32 Å². The number of hydrogen-bond donors (Lipinski definition) is 1. The monoisotopic (exact) mass is 391 g/mol. The van der Waals surface area contributed by atoms with Gasteiger partial charge in [0.05, 0.1) is 0 Å². The highest BCUT2D eigenvalue weighted by Gasteiger charge is 2.38. The van der Waals surface area contributed by atoms with Crippen LogP contribution in [-0.4, -0.2) is 11.7 Å². The number of carbonyl (C=O) groups is 2. The van der Waals surface area contributed by atoms with Crippen molar-refractivity contribution in [1.29, 1.82) is 0 Å². The highest BCUT2D eigenvalue weighted by Crippen LogP contribution is 2.42. The molecule has 0 fully saturated rings. The number of rotatable bonds is 2. The first-order valence-electron chi connectivity index (χ1n) is 10.1. The third-order valence-electron chi connectivity index (χ3n) is 6.06. The molecule has 1 heterocycles. The number of carbonyl (C=O) groups excluding carboxylic acids is 2. The highest BCUT2D eigenvalue weighted by molar-refractivity contribution is 6.02. The predicted molar refractivity (Wildman–Crippen MR) is 111 cm³/mol. The number of nitrogens with one attached hydrogen (secondary N) is 1. The Bertz CT molecular complexity index is 981. The molecule has 2 atom stereocenters. The molecule has 0 spiro atoms. The minimum absolute atomic E-state index is 0.0579. The number of halogens is 1. The Morgan fingerprint density at radius 3 is 2.10 bits per heavy atom. The largest absolute Gasteiger partial charge is 0.329 e. The van der Waals surface area contributed by atoms with Gasteiger partial charge in [0.25, 0.3) is 0 Å². The number of amides is 1. The van der Waals surface area contributed by atoms with E-state index in [2.05, 4.69) is 50.4 Å². The summed E-state index contributed by atoms with van der Waals surface area (Å²) in [6.07, 6.45) is 1.29. The van der Waals surface area contributed by atoms with Crippen molar-refractivity contribution < 1.29 is 14.0 Å². The standard InChI is InChI=1S/C25H26FNO2/c1-25(2,3)18-8-4-15(5-9-18)17-12-21-24(22(28)13-17)20(14-23(29)27-21)16-6-10-19(26)11-7-16/h4-11,17,20H,12-14H2,1-3H3,(H,27,29). The van der Waals surface area contributed by atoms with Crippen molar-refractivity contribution in [3.63, 3.8) is 0 Å². The summed E-state index contributed by atoms with van der Waals surface area (Å²) in [5, 5.41) is 2.94. The molecule has 4 heteroatoms. The molecular formula is C25H26FNO2. The summed E-state index contributed by atoms with van der Waals surface area (Å²) in [6, 6.07) is 14.6. The first kappa shape index (κ1) is 19.6. The van der Waals surface area contributed by atoms with Crippen molar-refractivity contribution in [2.75, 3.05) is 0 Å². The van der Waals surface area contributed by atoms with Gasteiger partial charge in [-0.3, -0.25) is 9.59 Å². The van der Waals surface area contributed by atoms with Crippen LogP contribution in [-0.2, 0) is 15.0 Å². The van der Waals surface area contributed by atoms with Gasteiger partial charge in [-0.2, -0.15) is 0 Å². The van der Waals surface area contributed by atoms with E-state index in [1.807, 2.05) is 0 Å². The zero-order chi connectivity index (χ0) is 20.8. The molecule has 4 rings (SSSR count). The highest BCUT2D eigenvalue weighted by atomic mass is 19.1. The molecule has 150 valence electrons. The summed E-state index contributed by atoms with van der Waals surface area (Å²) < 4.78 is 13.3. The molecule has 0 saturated carbocycles. The fraction of sp³-hybridized carbons (Fsp3) is 0.360. The van der Waals surface area contributed by atoms with Gasteiger partial charge in [0.2, 0.25) is 5.91 Å². The van der Waals surface area contributed by atoms with Gasteiger partial charge in [-0.25, -0.2) is 4.39 Å². The molecule has 0 saturated heterocycles. The Balaban J connectivity index is 1.65. The van der Waals surface area contributed by atoms with E-state index in [0.29, 0.717) is 18.4 Å². The van der Waals surface area contributed by atoms with E-state index >= 15 is 0 Å². The van der Waals surface area contributed by atoms with Crippen LogP contribution in [0.15, 0.2) is 59.8 Å². The van der Waals surface area contributed by atoms with Crippen molar-refractivity contribution >= 4 is 11.7 Å².